The minimum Gasteiger partial charge on any atom is -0.444 e. The molecule has 0 saturated heterocycles. The first-order valence-electron chi connectivity index (χ1n) is 15.6. The number of carbonyl (C=O) groups is 2. The van der Waals surface area contributed by atoms with E-state index in [-0.39, 0.29) is 30.9 Å². The smallest absolute Gasteiger partial charge is 0.407 e. The summed E-state index contributed by atoms with van der Waals surface area (Å²) in [6.45, 7) is 6.16. The lowest BCUT2D eigenvalue weighted by Crippen LogP contribution is -2.45. The van der Waals surface area contributed by atoms with Gasteiger partial charge in [-0.05, 0) is 79.3 Å². The van der Waals surface area contributed by atoms with Gasteiger partial charge >= 0.3 is 6.09 Å². The average molecular weight is 637 g/mol. The standard InChI is InChI=1S/C38H44N4O5/c1-38(2,3)47-37(45)41-22-28-12-8-13-31(21-28)29-15-17-30(18-16-29)36(44)42-34(25-46-24-26-9-5-4-6-10-26)33(23-43)20-27-11-7-14-32(19-27)35(39)40/h4-19,21,33-34,43H,20,22-25H2,1-3H3,(H3,39,40)(H,41,45)(H,42,44). The van der Waals surface area contributed by atoms with Gasteiger partial charge in [0.25, 0.3) is 5.91 Å². The van der Waals surface area contributed by atoms with Crippen molar-refractivity contribution in [1.82, 2.24) is 10.6 Å². The van der Waals surface area contributed by atoms with E-state index in [9.17, 15) is 14.7 Å². The Bertz CT molecular complexity index is 1630. The molecule has 9 nitrogen and oxygen atoms in total. The summed E-state index contributed by atoms with van der Waals surface area (Å²) >= 11 is 0. The van der Waals surface area contributed by atoms with Crippen LogP contribution in [0.4, 0.5) is 4.79 Å². The van der Waals surface area contributed by atoms with Crippen molar-refractivity contribution in [3.63, 3.8) is 0 Å². The first kappa shape index (κ1) is 34.9. The van der Waals surface area contributed by atoms with Crippen molar-refractivity contribution in [1.29, 1.82) is 5.41 Å². The van der Waals surface area contributed by atoms with Gasteiger partial charge in [0.1, 0.15) is 11.4 Å². The molecule has 0 aliphatic rings. The number of nitrogen functional groups attached to an aromatic ring is 1. The van der Waals surface area contributed by atoms with Crippen LogP contribution in [0.15, 0.2) is 103 Å². The van der Waals surface area contributed by atoms with Gasteiger partial charge in [0.2, 0.25) is 0 Å². The third-order valence-electron chi connectivity index (χ3n) is 7.51. The van der Waals surface area contributed by atoms with Crippen LogP contribution in [0.1, 0.15) is 53.4 Å². The molecule has 0 heterocycles. The van der Waals surface area contributed by atoms with Crippen molar-refractivity contribution in [2.75, 3.05) is 13.2 Å². The molecule has 0 aliphatic heterocycles. The Kier molecular flexibility index (Phi) is 12.3. The molecule has 4 rings (SSSR count). The van der Waals surface area contributed by atoms with Crippen molar-refractivity contribution < 1.29 is 24.2 Å². The number of rotatable bonds is 14. The van der Waals surface area contributed by atoms with Gasteiger partial charge in [-0.15, -0.1) is 0 Å². The van der Waals surface area contributed by atoms with Crippen LogP contribution in [0.5, 0.6) is 0 Å². The number of hydrogen-bond acceptors (Lipinski definition) is 6. The minimum absolute atomic E-state index is 0.0314. The first-order chi connectivity index (χ1) is 22.5. The second-order valence-electron chi connectivity index (χ2n) is 12.5. The van der Waals surface area contributed by atoms with Gasteiger partial charge in [-0.2, -0.15) is 0 Å². The van der Waals surface area contributed by atoms with Gasteiger partial charge in [0, 0.05) is 30.2 Å². The highest BCUT2D eigenvalue weighted by Crippen LogP contribution is 2.22. The van der Waals surface area contributed by atoms with E-state index < -0.39 is 17.7 Å². The monoisotopic (exact) mass is 636 g/mol. The Morgan fingerprint density at radius 2 is 1.51 bits per heavy atom. The summed E-state index contributed by atoms with van der Waals surface area (Å²) in [5.74, 6) is -0.666. The van der Waals surface area contributed by atoms with Gasteiger partial charge in [0.05, 0.1) is 19.3 Å². The summed E-state index contributed by atoms with van der Waals surface area (Å²) in [6.07, 6.45) is -0.0231. The lowest BCUT2D eigenvalue weighted by atomic mass is 9.92. The van der Waals surface area contributed by atoms with Gasteiger partial charge < -0.3 is 30.9 Å². The molecule has 47 heavy (non-hydrogen) atoms. The summed E-state index contributed by atoms with van der Waals surface area (Å²) in [5.41, 5.74) is 10.9. The number of amidine groups is 1. The van der Waals surface area contributed by atoms with E-state index in [4.69, 9.17) is 20.6 Å². The molecule has 0 aromatic heterocycles. The summed E-state index contributed by atoms with van der Waals surface area (Å²) in [5, 5.41) is 24.1. The van der Waals surface area contributed by atoms with Gasteiger partial charge in [0.15, 0.2) is 0 Å². The Balaban J connectivity index is 1.45. The number of hydrogen-bond donors (Lipinski definition) is 5. The third-order valence-corrected chi connectivity index (χ3v) is 7.51. The molecular weight excluding hydrogens is 592 g/mol. The Labute approximate surface area is 276 Å². The largest absolute Gasteiger partial charge is 0.444 e. The molecule has 2 atom stereocenters. The average Bonchev–Trinajstić information content (AvgIpc) is 3.06. The number of nitrogens with two attached hydrogens (primary N) is 1. The summed E-state index contributed by atoms with van der Waals surface area (Å²) in [4.78, 5) is 25.6. The second kappa shape index (κ2) is 16.5. The van der Waals surface area contributed by atoms with Crippen LogP contribution in [0.2, 0.25) is 0 Å². The number of alkyl carbamates (subject to hydrolysis) is 1. The number of ether oxygens (including phenoxy) is 2. The number of amides is 2. The second-order valence-corrected chi connectivity index (χ2v) is 12.5. The zero-order chi connectivity index (χ0) is 33.8. The molecule has 6 N–H and O–H groups in total. The zero-order valence-electron chi connectivity index (χ0n) is 27.2. The van der Waals surface area contributed by atoms with Gasteiger partial charge in [-0.3, -0.25) is 10.2 Å². The number of nitrogens with one attached hydrogen (secondary N) is 3. The molecule has 2 amide bonds. The van der Waals surface area contributed by atoms with E-state index in [0.29, 0.717) is 30.7 Å². The number of carbonyl (C=O) groups excluding carboxylic acids is 2. The number of aliphatic hydroxyl groups excluding tert-OH is 1. The highest BCUT2D eigenvalue weighted by atomic mass is 16.6. The highest BCUT2D eigenvalue weighted by molar-refractivity contribution is 5.95. The molecule has 0 spiro atoms. The van der Waals surface area contributed by atoms with Crippen LogP contribution in [0.25, 0.3) is 11.1 Å². The Morgan fingerprint density at radius 1 is 0.830 bits per heavy atom. The maximum absolute atomic E-state index is 13.5. The topological polar surface area (TPSA) is 147 Å². The molecule has 4 aromatic rings. The minimum atomic E-state index is -0.573. The van der Waals surface area contributed by atoms with Crippen molar-refractivity contribution in [2.45, 2.75) is 52.0 Å². The van der Waals surface area contributed by atoms with Gasteiger partial charge in [-0.1, -0.05) is 78.9 Å². The summed E-state index contributed by atoms with van der Waals surface area (Å²) in [6, 6.07) is 31.7. The number of benzene rings is 4. The van der Waals surface area contributed by atoms with E-state index in [1.807, 2.05) is 106 Å². The van der Waals surface area contributed by atoms with Crippen LogP contribution in [-0.4, -0.2) is 47.8 Å². The van der Waals surface area contributed by atoms with E-state index in [0.717, 1.165) is 27.8 Å². The SMILES string of the molecule is CC(C)(C)OC(=O)NCc1cccc(-c2ccc(C(=O)NC(COCc3ccccc3)C(CO)Cc3cccc(C(=N)N)c3)cc2)c1. The van der Waals surface area contributed by atoms with Crippen LogP contribution < -0.4 is 16.4 Å². The third kappa shape index (κ3) is 11.1. The molecule has 0 fully saturated rings. The fourth-order valence-electron chi connectivity index (χ4n) is 5.09. The molecular formula is C38H44N4O5. The molecule has 246 valence electrons. The van der Waals surface area contributed by atoms with Crippen LogP contribution in [-0.2, 0) is 29.0 Å². The van der Waals surface area contributed by atoms with Crippen molar-refractivity contribution in [2.24, 2.45) is 11.7 Å². The Morgan fingerprint density at radius 3 is 2.19 bits per heavy atom. The van der Waals surface area contributed by atoms with Crippen molar-refractivity contribution in [3.8, 4) is 11.1 Å². The molecule has 4 aromatic carbocycles. The molecule has 0 aliphatic carbocycles. The van der Waals surface area contributed by atoms with E-state index in [1.54, 1.807) is 18.2 Å². The summed E-state index contributed by atoms with van der Waals surface area (Å²) < 4.78 is 11.4. The highest BCUT2D eigenvalue weighted by Gasteiger charge is 2.25. The molecule has 0 bridgehead atoms. The van der Waals surface area contributed by atoms with E-state index in [1.165, 1.54) is 0 Å². The normalized spacial score (nSPS) is 12.5. The van der Waals surface area contributed by atoms with E-state index in [2.05, 4.69) is 10.6 Å². The van der Waals surface area contributed by atoms with Crippen LogP contribution in [0.3, 0.4) is 0 Å². The zero-order valence-corrected chi connectivity index (χ0v) is 27.2. The lowest BCUT2D eigenvalue weighted by Gasteiger charge is -2.27. The first-order valence-corrected chi connectivity index (χ1v) is 15.6. The predicted octanol–water partition coefficient (Wildman–Crippen LogP) is 5.83. The fourth-order valence-corrected chi connectivity index (χ4v) is 5.09. The van der Waals surface area contributed by atoms with Crippen LogP contribution in [0, 0.1) is 11.3 Å². The maximum atomic E-state index is 13.5. The van der Waals surface area contributed by atoms with Gasteiger partial charge in [-0.25, -0.2) is 4.79 Å². The molecule has 9 heteroatoms. The fraction of sp³-hybridized carbons (Fsp3) is 0.289. The van der Waals surface area contributed by atoms with Crippen molar-refractivity contribution >= 4 is 17.8 Å². The maximum Gasteiger partial charge on any atom is 0.407 e. The molecule has 0 radical (unpaired) electrons. The number of aliphatic hydroxyl groups is 1. The molecule has 2 unspecified atom stereocenters. The predicted molar refractivity (Wildman–Crippen MR) is 184 cm³/mol. The molecule has 0 saturated carbocycles. The van der Waals surface area contributed by atoms with Crippen molar-refractivity contribution in [3.05, 3.63) is 131 Å². The Hall–Kier alpha value is -4.99. The quantitative estimate of drug-likeness (QED) is 0.0870. The lowest BCUT2D eigenvalue weighted by molar-refractivity contribution is 0.0523. The van der Waals surface area contributed by atoms with Crippen LogP contribution >= 0.6 is 0 Å². The van der Waals surface area contributed by atoms with E-state index >= 15 is 0 Å². The summed E-state index contributed by atoms with van der Waals surface area (Å²) in [7, 11) is 0.